The molecule has 0 bridgehead atoms. The minimum Gasteiger partial charge on any atom is -0.249 e. The quantitative estimate of drug-likeness (QED) is 0.725. The van der Waals surface area contributed by atoms with E-state index in [4.69, 9.17) is 0 Å². The van der Waals surface area contributed by atoms with Crippen molar-refractivity contribution in [2.45, 2.75) is 24.0 Å². The summed E-state index contributed by atoms with van der Waals surface area (Å²) in [4.78, 5) is 12.9. The zero-order valence-corrected chi connectivity index (χ0v) is 9.45. The standard InChI is InChI=1S/C11H11N3S/c1-8-7-9(2)14-11(13-8)15-10-5-3-4-6-12-10/h3-7H,1-2H3. The van der Waals surface area contributed by atoms with Gasteiger partial charge in [0.25, 0.3) is 0 Å². The van der Waals surface area contributed by atoms with Crippen LogP contribution >= 0.6 is 11.8 Å². The van der Waals surface area contributed by atoms with Gasteiger partial charge in [-0.25, -0.2) is 15.0 Å². The van der Waals surface area contributed by atoms with E-state index in [2.05, 4.69) is 15.0 Å². The predicted molar refractivity (Wildman–Crippen MR) is 59.9 cm³/mol. The Bertz CT molecular complexity index is 436. The SMILES string of the molecule is Cc1cc(C)nc(Sc2ccccn2)n1. The first-order valence-electron chi connectivity index (χ1n) is 4.65. The number of pyridine rings is 1. The fourth-order valence-electron chi connectivity index (χ4n) is 1.24. The van der Waals surface area contributed by atoms with Crippen LogP contribution in [0.3, 0.4) is 0 Å². The molecule has 2 aromatic rings. The molecule has 0 saturated heterocycles. The molecule has 0 fully saturated rings. The average molecular weight is 217 g/mol. The van der Waals surface area contributed by atoms with Crippen LogP contribution in [0.25, 0.3) is 0 Å². The highest BCUT2D eigenvalue weighted by molar-refractivity contribution is 7.99. The molecule has 0 spiro atoms. The van der Waals surface area contributed by atoms with Crippen molar-refractivity contribution in [3.8, 4) is 0 Å². The summed E-state index contributed by atoms with van der Waals surface area (Å²) in [6.07, 6.45) is 1.77. The van der Waals surface area contributed by atoms with E-state index >= 15 is 0 Å². The molecule has 4 heteroatoms. The van der Waals surface area contributed by atoms with Gasteiger partial charge in [0, 0.05) is 17.6 Å². The van der Waals surface area contributed by atoms with Gasteiger partial charge in [0.2, 0.25) is 0 Å². The van der Waals surface area contributed by atoms with Crippen molar-refractivity contribution in [1.82, 2.24) is 15.0 Å². The molecular formula is C11H11N3S. The van der Waals surface area contributed by atoms with Crippen LogP contribution in [0.4, 0.5) is 0 Å². The first-order valence-corrected chi connectivity index (χ1v) is 5.47. The van der Waals surface area contributed by atoms with Gasteiger partial charge in [-0.2, -0.15) is 0 Å². The summed E-state index contributed by atoms with van der Waals surface area (Å²) in [5.74, 6) is 0. The van der Waals surface area contributed by atoms with Gasteiger partial charge in [0.15, 0.2) is 5.16 Å². The molecule has 0 aliphatic carbocycles. The molecule has 0 aliphatic rings. The molecule has 0 amide bonds. The number of rotatable bonds is 2. The van der Waals surface area contributed by atoms with E-state index in [-0.39, 0.29) is 0 Å². The fraction of sp³-hybridized carbons (Fsp3) is 0.182. The summed E-state index contributed by atoms with van der Waals surface area (Å²) in [7, 11) is 0. The van der Waals surface area contributed by atoms with E-state index in [0.29, 0.717) is 0 Å². The highest BCUT2D eigenvalue weighted by Crippen LogP contribution is 2.22. The predicted octanol–water partition coefficient (Wildman–Crippen LogP) is 2.64. The Balaban J connectivity index is 2.25. The summed E-state index contributed by atoms with van der Waals surface area (Å²) in [6, 6.07) is 7.76. The summed E-state index contributed by atoms with van der Waals surface area (Å²) >= 11 is 1.48. The Morgan fingerprint density at radius 2 is 1.80 bits per heavy atom. The number of hydrogen-bond donors (Lipinski definition) is 0. The Morgan fingerprint density at radius 3 is 2.40 bits per heavy atom. The zero-order chi connectivity index (χ0) is 10.7. The normalized spacial score (nSPS) is 10.3. The van der Waals surface area contributed by atoms with Crippen molar-refractivity contribution >= 4 is 11.8 Å². The second kappa shape index (κ2) is 4.40. The van der Waals surface area contributed by atoms with Crippen molar-refractivity contribution in [1.29, 1.82) is 0 Å². The fourth-order valence-corrected chi connectivity index (χ4v) is 2.07. The van der Waals surface area contributed by atoms with Gasteiger partial charge in [-0.05, 0) is 43.8 Å². The number of aryl methyl sites for hydroxylation is 2. The van der Waals surface area contributed by atoms with Crippen LogP contribution in [0.1, 0.15) is 11.4 Å². The Morgan fingerprint density at radius 1 is 1.07 bits per heavy atom. The lowest BCUT2D eigenvalue weighted by Gasteiger charge is -2.01. The highest BCUT2D eigenvalue weighted by Gasteiger charge is 2.02. The summed E-state index contributed by atoms with van der Waals surface area (Å²) < 4.78 is 0. The molecule has 76 valence electrons. The zero-order valence-electron chi connectivity index (χ0n) is 8.64. The van der Waals surface area contributed by atoms with Crippen LogP contribution < -0.4 is 0 Å². The second-order valence-corrected chi connectivity index (χ2v) is 4.19. The Kier molecular flexibility index (Phi) is 2.97. The first kappa shape index (κ1) is 10.1. The third-order valence-electron chi connectivity index (χ3n) is 1.80. The summed E-state index contributed by atoms with van der Waals surface area (Å²) in [5.41, 5.74) is 1.97. The minimum atomic E-state index is 0.756. The van der Waals surface area contributed by atoms with Crippen LogP contribution in [0.15, 0.2) is 40.6 Å². The van der Waals surface area contributed by atoms with E-state index in [1.807, 2.05) is 38.1 Å². The van der Waals surface area contributed by atoms with Gasteiger partial charge < -0.3 is 0 Å². The summed E-state index contributed by atoms with van der Waals surface area (Å²) in [6.45, 7) is 3.94. The van der Waals surface area contributed by atoms with Gasteiger partial charge >= 0.3 is 0 Å². The maximum atomic E-state index is 4.34. The Labute approximate surface area is 93.0 Å². The van der Waals surface area contributed by atoms with E-state index in [9.17, 15) is 0 Å². The molecule has 2 heterocycles. The lowest BCUT2D eigenvalue weighted by atomic mass is 10.4. The molecule has 15 heavy (non-hydrogen) atoms. The second-order valence-electron chi connectivity index (χ2n) is 3.20. The first-order chi connectivity index (χ1) is 7.24. The molecule has 3 nitrogen and oxygen atoms in total. The van der Waals surface area contributed by atoms with Crippen molar-refractivity contribution in [2.24, 2.45) is 0 Å². The molecule has 0 N–H and O–H groups in total. The third kappa shape index (κ3) is 2.76. The Hall–Kier alpha value is -1.42. The monoisotopic (exact) mass is 217 g/mol. The smallest absolute Gasteiger partial charge is 0.194 e. The molecule has 0 radical (unpaired) electrons. The average Bonchev–Trinajstić information content (AvgIpc) is 2.17. The number of hydrogen-bond acceptors (Lipinski definition) is 4. The van der Waals surface area contributed by atoms with Crippen molar-refractivity contribution < 1.29 is 0 Å². The van der Waals surface area contributed by atoms with Crippen molar-refractivity contribution in [2.75, 3.05) is 0 Å². The van der Waals surface area contributed by atoms with Gasteiger partial charge in [0.05, 0.1) is 0 Å². The minimum absolute atomic E-state index is 0.756. The van der Waals surface area contributed by atoms with Crippen LogP contribution in [-0.4, -0.2) is 15.0 Å². The van der Waals surface area contributed by atoms with E-state index in [1.165, 1.54) is 11.8 Å². The van der Waals surface area contributed by atoms with Gasteiger partial charge in [0.1, 0.15) is 5.03 Å². The molecule has 0 aromatic carbocycles. The van der Waals surface area contributed by atoms with E-state index in [0.717, 1.165) is 21.6 Å². The number of nitrogens with zero attached hydrogens (tertiary/aromatic N) is 3. The molecule has 0 atom stereocenters. The lowest BCUT2D eigenvalue weighted by Crippen LogP contribution is -1.92. The van der Waals surface area contributed by atoms with Gasteiger partial charge in [-0.3, -0.25) is 0 Å². The molecule has 0 saturated carbocycles. The summed E-state index contributed by atoms with van der Waals surface area (Å²) in [5, 5.41) is 1.67. The van der Waals surface area contributed by atoms with Crippen molar-refractivity contribution in [3.63, 3.8) is 0 Å². The van der Waals surface area contributed by atoms with Crippen LogP contribution in [0.5, 0.6) is 0 Å². The van der Waals surface area contributed by atoms with E-state index < -0.39 is 0 Å². The molecular weight excluding hydrogens is 206 g/mol. The molecule has 2 aromatic heterocycles. The third-order valence-corrected chi connectivity index (χ3v) is 2.61. The van der Waals surface area contributed by atoms with Crippen molar-refractivity contribution in [3.05, 3.63) is 41.9 Å². The number of aromatic nitrogens is 3. The lowest BCUT2D eigenvalue weighted by molar-refractivity contribution is 0.899. The van der Waals surface area contributed by atoms with Crippen LogP contribution in [0.2, 0.25) is 0 Å². The maximum absolute atomic E-state index is 4.34. The van der Waals surface area contributed by atoms with Crippen LogP contribution in [-0.2, 0) is 0 Å². The highest BCUT2D eigenvalue weighted by atomic mass is 32.2. The van der Waals surface area contributed by atoms with E-state index in [1.54, 1.807) is 6.20 Å². The van der Waals surface area contributed by atoms with Gasteiger partial charge in [-0.15, -0.1) is 0 Å². The largest absolute Gasteiger partial charge is 0.249 e. The molecule has 2 rings (SSSR count). The molecule has 0 aliphatic heterocycles. The topological polar surface area (TPSA) is 38.7 Å². The maximum Gasteiger partial charge on any atom is 0.194 e. The molecule has 0 unspecified atom stereocenters. The van der Waals surface area contributed by atoms with Gasteiger partial charge in [-0.1, -0.05) is 6.07 Å². The van der Waals surface area contributed by atoms with Crippen LogP contribution in [0, 0.1) is 13.8 Å².